The lowest BCUT2D eigenvalue weighted by atomic mass is 9.97. The van der Waals surface area contributed by atoms with E-state index in [0.29, 0.717) is 11.4 Å². The van der Waals surface area contributed by atoms with Gasteiger partial charge in [0.15, 0.2) is 0 Å². The summed E-state index contributed by atoms with van der Waals surface area (Å²) >= 11 is 0. The Morgan fingerprint density at radius 3 is 2.21 bits per heavy atom. The molecule has 1 amide bonds. The molecule has 29 heavy (non-hydrogen) atoms. The number of anilines is 1. The average Bonchev–Trinajstić information content (AvgIpc) is 2.69. The third kappa shape index (κ3) is 5.65. The van der Waals surface area contributed by atoms with Crippen LogP contribution < -0.4 is 15.8 Å². The summed E-state index contributed by atoms with van der Waals surface area (Å²) in [6, 6.07) is 12.4. The second-order valence-corrected chi connectivity index (χ2v) is 7.74. The number of ether oxygens (including phenoxy) is 1. The number of rotatable bonds is 7. The van der Waals surface area contributed by atoms with Crippen LogP contribution in [0.4, 0.5) is 5.69 Å². The molecule has 0 saturated carbocycles. The molecule has 2 aromatic rings. The van der Waals surface area contributed by atoms with E-state index in [1.807, 2.05) is 18.2 Å². The SMILES string of the molecule is C=Cc1ccc(NC(=O)C(CN)c2ccc(OC(=O)C(C)(C)C)cc2)cc1C=C. The third-order valence-corrected chi connectivity index (χ3v) is 4.45. The first-order valence-electron chi connectivity index (χ1n) is 9.41. The van der Waals surface area contributed by atoms with E-state index in [4.69, 9.17) is 10.5 Å². The van der Waals surface area contributed by atoms with Crippen molar-refractivity contribution in [1.82, 2.24) is 0 Å². The molecule has 0 aliphatic rings. The van der Waals surface area contributed by atoms with Crippen molar-refractivity contribution in [2.24, 2.45) is 11.1 Å². The molecule has 152 valence electrons. The van der Waals surface area contributed by atoms with Crippen molar-refractivity contribution in [1.29, 1.82) is 0 Å². The van der Waals surface area contributed by atoms with E-state index in [9.17, 15) is 9.59 Å². The Labute approximate surface area is 172 Å². The number of benzene rings is 2. The summed E-state index contributed by atoms with van der Waals surface area (Å²) in [5.74, 6) is -0.637. The van der Waals surface area contributed by atoms with Crippen molar-refractivity contribution in [3.05, 3.63) is 72.3 Å². The van der Waals surface area contributed by atoms with E-state index < -0.39 is 11.3 Å². The molecule has 0 aliphatic heterocycles. The number of hydrogen-bond acceptors (Lipinski definition) is 4. The first kappa shape index (κ1) is 22.1. The molecule has 0 heterocycles. The molecule has 5 heteroatoms. The van der Waals surface area contributed by atoms with Crippen LogP contribution in [-0.2, 0) is 9.59 Å². The van der Waals surface area contributed by atoms with E-state index in [-0.39, 0.29) is 18.4 Å². The van der Waals surface area contributed by atoms with Gasteiger partial charge in [-0.05, 0) is 61.7 Å². The standard InChI is InChI=1S/C24H28N2O3/c1-6-16-8-11-19(14-17(16)7-2)26-22(27)21(15-25)18-9-12-20(13-10-18)29-23(28)24(3,4)5/h6-14,21H,1-2,15,25H2,3-5H3,(H,26,27). The maximum atomic E-state index is 12.8. The lowest BCUT2D eigenvalue weighted by molar-refractivity contribution is -0.143. The van der Waals surface area contributed by atoms with Crippen LogP contribution in [0.1, 0.15) is 43.4 Å². The number of nitrogens with one attached hydrogen (secondary N) is 1. The van der Waals surface area contributed by atoms with Crippen LogP contribution in [0.5, 0.6) is 5.75 Å². The predicted molar refractivity (Wildman–Crippen MR) is 119 cm³/mol. The third-order valence-electron chi connectivity index (χ3n) is 4.45. The van der Waals surface area contributed by atoms with Gasteiger partial charge in [0.1, 0.15) is 5.75 Å². The van der Waals surface area contributed by atoms with Gasteiger partial charge in [-0.3, -0.25) is 9.59 Å². The molecule has 0 radical (unpaired) electrons. The molecule has 0 fully saturated rings. The van der Waals surface area contributed by atoms with Crippen LogP contribution in [0.3, 0.4) is 0 Å². The summed E-state index contributed by atoms with van der Waals surface area (Å²) in [5, 5.41) is 2.90. The summed E-state index contributed by atoms with van der Waals surface area (Å²) < 4.78 is 5.36. The van der Waals surface area contributed by atoms with E-state index in [1.54, 1.807) is 57.2 Å². The Morgan fingerprint density at radius 2 is 1.69 bits per heavy atom. The Hall–Kier alpha value is -3.18. The predicted octanol–water partition coefficient (Wildman–Crippen LogP) is 4.61. The Morgan fingerprint density at radius 1 is 1.07 bits per heavy atom. The average molecular weight is 392 g/mol. The van der Waals surface area contributed by atoms with Gasteiger partial charge >= 0.3 is 5.97 Å². The number of carbonyl (C=O) groups is 2. The fraction of sp³-hybridized carbons (Fsp3) is 0.250. The van der Waals surface area contributed by atoms with Crippen LogP contribution in [0.2, 0.25) is 0 Å². The number of esters is 1. The molecule has 3 N–H and O–H groups in total. The molecule has 2 rings (SSSR count). The Bertz CT molecular complexity index is 909. The van der Waals surface area contributed by atoms with E-state index in [1.165, 1.54) is 0 Å². The lowest BCUT2D eigenvalue weighted by Gasteiger charge is -2.18. The van der Waals surface area contributed by atoms with Crippen molar-refractivity contribution >= 4 is 29.7 Å². The van der Waals surface area contributed by atoms with Crippen LogP contribution in [0.25, 0.3) is 12.2 Å². The van der Waals surface area contributed by atoms with E-state index in [2.05, 4.69) is 18.5 Å². The highest BCUT2D eigenvalue weighted by Gasteiger charge is 2.24. The second-order valence-electron chi connectivity index (χ2n) is 7.74. The highest BCUT2D eigenvalue weighted by atomic mass is 16.5. The molecule has 2 aromatic carbocycles. The van der Waals surface area contributed by atoms with E-state index in [0.717, 1.165) is 16.7 Å². The van der Waals surface area contributed by atoms with Gasteiger partial charge in [0.25, 0.3) is 0 Å². The van der Waals surface area contributed by atoms with Gasteiger partial charge < -0.3 is 15.8 Å². The van der Waals surface area contributed by atoms with Crippen molar-refractivity contribution in [2.45, 2.75) is 26.7 Å². The molecule has 1 atom stereocenters. The molecule has 0 aliphatic carbocycles. The second kappa shape index (κ2) is 9.34. The normalized spacial score (nSPS) is 12.0. The van der Waals surface area contributed by atoms with Crippen LogP contribution in [-0.4, -0.2) is 18.4 Å². The van der Waals surface area contributed by atoms with Gasteiger partial charge in [-0.2, -0.15) is 0 Å². The zero-order valence-corrected chi connectivity index (χ0v) is 17.2. The quantitative estimate of drug-likeness (QED) is 0.533. The molecule has 0 saturated heterocycles. The molecular formula is C24H28N2O3. The molecule has 5 nitrogen and oxygen atoms in total. The van der Waals surface area contributed by atoms with Gasteiger partial charge in [-0.1, -0.05) is 43.5 Å². The number of nitrogens with two attached hydrogens (primary N) is 1. The van der Waals surface area contributed by atoms with Crippen molar-refractivity contribution < 1.29 is 14.3 Å². The van der Waals surface area contributed by atoms with Crippen LogP contribution >= 0.6 is 0 Å². The molecule has 0 bridgehead atoms. The highest BCUT2D eigenvalue weighted by molar-refractivity contribution is 5.96. The minimum atomic E-state index is -0.593. The van der Waals surface area contributed by atoms with Crippen molar-refractivity contribution in [3.63, 3.8) is 0 Å². The summed E-state index contributed by atoms with van der Waals surface area (Å²) in [6.45, 7) is 13.1. The fourth-order valence-corrected chi connectivity index (χ4v) is 2.67. The monoisotopic (exact) mass is 392 g/mol. The molecule has 1 unspecified atom stereocenters. The van der Waals surface area contributed by atoms with Crippen molar-refractivity contribution in [2.75, 3.05) is 11.9 Å². The first-order chi connectivity index (χ1) is 13.7. The van der Waals surface area contributed by atoms with Gasteiger partial charge in [-0.25, -0.2) is 0 Å². The molecule has 0 spiro atoms. The zero-order chi connectivity index (χ0) is 21.6. The zero-order valence-electron chi connectivity index (χ0n) is 17.2. The first-order valence-corrected chi connectivity index (χ1v) is 9.41. The molecule has 0 aromatic heterocycles. The maximum Gasteiger partial charge on any atom is 0.316 e. The highest BCUT2D eigenvalue weighted by Crippen LogP contribution is 2.24. The van der Waals surface area contributed by atoms with Crippen molar-refractivity contribution in [3.8, 4) is 5.75 Å². The summed E-state index contributed by atoms with van der Waals surface area (Å²) in [4.78, 5) is 24.8. The summed E-state index contributed by atoms with van der Waals surface area (Å²) in [5.41, 5.74) is 8.49. The fourth-order valence-electron chi connectivity index (χ4n) is 2.67. The number of carbonyl (C=O) groups excluding carboxylic acids is 2. The Balaban J connectivity index is 2.14. The van der Waals surface area contributed by atoms with Gasteiger partial charge in [0, 0.05) is 12.2 Å². The topological polar surface area (TPSA) is 81.4 Å². The van der Waals surface area contributed by atoms with Gasteiger partial charge in [-0.15, -0.1) is 0 Å². The number of hydrogen-bond donors (Lipinski definition) is 2. The Kier molecular flexibility index (Phi) is 7.13. The van der Waals surface area contributed by atoms with Crippen LogP contribution in [0, 0.1) is 5.41 Å². The largest absolute Gasteiger partial charge is 0.426 e. The summed E-state index contributed by atoms with van der Waals surface area (Å²) in [7, 11) is 0. The molecular weight excluding hydrogens is 364 g/mol. The summed E-state index contributed by atoms with van der Waals surface area (Å²) in [6.07, 6.45) is 3.45. The minimum absolute atomic E-state index is 0.145. The van der Waals surface area contributed by atoms with Gasteiger partial charge in [0.2, 0.25) is 5.91 Å². The number of amides is 1. The lowest BCUT2D eigenvalue weighted by Crippen LogP contribution is -2.27. The smallest absolute Gasteiger partial charge is 0.316 e. The van der Waals surface area contributed by atoms with E-state index >= 15 is 0 Å². The van der Waals surface area contributed by atoms with Crippen LogP contribution in [0.15, 0.2) is 55.6 Å². The van der Waals surface area contributed by atoms with Gasteiger partial charge in [0.05, 0.1) is 11.3 Å². The minimum Gasteiger partial charge on any atom is -0.426 e. The maximum absolute atomic E-state index is 12.8.